The van der Waals surface area contributed by atoms with Crippen LogP contribution in [-0.4, -0.2) is 22.5 Å². The molecule has 0 unspecified atom stereocenters. The molecule has 3 rings (SSSR count). The molecular formula is C15H13ClN4O. The van der Waals surface area contributed by atoms with Gasteiger partial charge in [0.15, 0.2) is 0 Å². The molecule has 0 aliphatic carbocycles. The van der Waals surface area contributed by atoms with Crippen LogP contribution in [0.25, 0.3) is 16.9 Å². The minimum atomic E-state index is -0.253. The molecule has 0 atom stereocenters. The summed E-state index contributed by atoms with van der Waals surface area (Å²) in [5.74, 6) is 0. The molecule has 2 N–H and O–H groups in total. The van der Waals surface area contributed by atoms with E-state index in [1.165, 1.54) is 0 Å². The lowest BCUT2D eigenvalue weighted by molar-refractivity contribution is 0.254. The zero-order valence-corrected chi connectivity index (χ0v) is 12.1. The van der Waals surface area contributed by atoms with Gasteiger partial charge in [-0.05, 0) is 18.2 Å². The van der Waals surface area contributed by atoms with E-state index < -0.39 is 0 Å². The van der Waals surface area contributed by atoms with E-state index in [9.17, 15) is 4.79 Å². The van der Waals surface area contributed by atoms with E-state index in [0.29, 0.717) is 5.02 Å². The summed E-state index contributed by atoms with van der Waals surface area (Å²) < 4.78 is 1.95. The van der Waals surface area contributed by atoms with E-state index in [2.05, 4.69) is 15.6 Å². The van der Waals surface area contributed by atoms with Gasteiger partial charge in [-0.1, -0.05) is 23.7 Å². The number of imidazole rings is 1. The number of carbonyl (C=O) groups is 1. The number of urea groups is 1. The lowest BCUT2D eigenvalue weighted by atomic mass is 10.1. The molecule has 0 saturated carbocycles. The van der Waals surface area contributed by atoms with Gasteiger partial charge in [-0.2, -0.15) is 0 Å². The molecule has 5 nitrogen and oxygen atoms in total. The minimum Gasteiger partial charge on any atom is -0.341 e. The second-order valence-electron chi connectivity index (χ2n) is 4.50. The highest BCUT2D eigenvalue weighted by atomic mass is 35.5. The van der Waals surface area contributed by atoms with Gasteiger partial charge in [0.05, 0.1) is 11.9 Å². The molecule has 6 heteroatoms. The van der Waals surface area contributed by atoms with Crippen molar-refractivity contribution in [1.82, 2.24) is 14.7 Å². The number of pyridine rings is 1. The summed E-state index contributed by atoms with van der Waals surface area (Å²) >= 11 is 5.96. The molecule has 106 valence electrons. The molecule has 2 aromatic heterocycles. The Morgan fingerprint density at radius 3 is 2.95 bits per heavy atom. The van der Waals surface area contributed by atoms with Gasteiger partial charge in [0.2, 0.25) is 0 Å². The van der Waals surface area contributed by atoms with E-state index in [0.717, 1.165) is 22.6 Å². The number of fused-ring (bicyclic) bond motifs is 1. The van der Waals surface area contributed by atoms with Crippen molar-refractivity contribution in [3.05, 3.63) is 53.8 Å². The fourth-order valence-electron chi connectivity index (χ4n) is 2.12. The van der Waals surface area contributed by atoms with E-state index in [-0.39, 0.29) is 6.03 Å². The van der Waals surface area contributed by atoms with Crippen LogP contribution >= 0.6 is 11.6 Å². The first-order valence-corrected chi connectivity index (χ1v) is 6.77. The highest BCUT2D eigenvalue weighted by molar-refractivity contribution is 6.30. The molecule has 1 aromatic carbocycles. The molecule has 2 amide bonds. The standard InChI is InChI=1S/C15H13ClN4O/c1-17-15(21)19-12-4-2-3-10(7-12)13-9-18-14-8-11(16)5-6-20(13)14/h2-9H,1H3,(H2,17,19,21). The number of nitrogens with one attached hydrogen (secondary N) is 2. The van der Waals surface area contributed by atoms with Crippen LogP contribution in [0, 0.1) is 0 Å². The van der Waals surface area contributed by atoms with Crippen molar-refractivity contribution in [2.45, 2.75) is 0 Å². The number of hydrogen-bond acceptors (Lipinski definition) is 2. The maximum Gasteiger partial charge on any atom is 0.318 e. The van der Waals surface area contributed by atoms with Crippen LogP contribution in [0.3, 0.4) is 0 Å². The maximum absolute atomic E-state index is 11.4. The summed E-state index contributed by atoms with van der Waals surface area (Å²) in [6, 6.07) is 10.9. The molecule has 0 spiro atoms. The minimum absolute atomic E-state index is 0.253. The molecule has 0 bridgehead atoms. The van der Waals surface area contributed by atoms with Crippen LogP contribution in [-0.2, 0) is 0 Å². The largest absolute Gasteiger partial charge is 0.341 e. The van der Waals surface area contributed by atoms with Crippen molar-refractivity contribution < 1.29 is 4.79 Å². The van der Waals surface area contributed by atoms with Gasteiger partial charge in [-0.15, -0.1) is 0 Å². The Bertz CT molecular complexity index is 812. The number of halogens is 1. The third kappa shape index (κ3) is 2.68. The summed E-state index contributed by atoms with van der Waals surface area (Å²) in [5, 5.41) is 5.92. The number of nitrogens with zero attached hydrogens (tertiary/aromatic N) is 2. The third-order valence-corrected chi connectivity index (χ3v) is 3.35. The topological polar surface area (TPSA) is 58.4 Å². The second-order valence-corrected chi connectivity index (χ2v) is 4.94. The Hall–Kier alpha value is -2.53. The summed E-state index contributed by atoms with van der Waals surface area (Å²) in [4.78, 5) is 15.7. The quantitative estimate of drug-likeness (QED) is 0.762. The Morgan fingerprint density at radius 2 is 2.14 bits per heavy atom. The van der Waals surface area contributed by atoms with Gasteiger partial charge < -0.3 is 10.6 Å². The highest BCUT2D eigenvalue weighted by Gasteiger charge is 2.07. The lowest BCUT2D eigenvalue weighted by Crippen LogP contribution is -2.24. The van der Waals surface area contributed by atoms with Gasteiger partial charge in [-0.25, -0.2) is 9.78 Å². The average Bonchev–Trinajstić information content (AvgIpc) is 2.90. The highest BCUT2D eigenvalue weighted by Crippen LogP contribution is 2.24. The molecule has 0 saturated heterocycles. The average molecular weight is 301 g/mol. The first kappa shape index (κ1) is 13.5. The predicted molar refractivity (Wildman–Crippen MR) is 83.7 cm³/mol. The first-order valence-electron chi connectivity index (χ1n) is 6.39. The number of benzene rings is 1. The zero-order valence-electron chi connectivity index (χ0n) is 11.3. The van der Waals surface area contributed by atoms with E-state index in [1.807, 2.05) is 40.9 Å². The van der Waals surface area contributed by atoms with Crippen molar-refractivity contribution in [2.24, 2.45) is 0 Å². The summed E-state index contributed by atoms with van der Waals surface area (Å²) in [6.07, 6.45) is 3.66. The van der Waals surface area contributed by atoms with Gasteiger partial charge in [-0.3, -0.25) is 4.40 Å². The molecule has 0 aliphatic rings. The van der Waals surface area contributed by atoms with Gasteiger partial charge in [0.1, 0.15) is 5.65 Å². The normalized spacial score (nSPS) is 10.6. The summed E-state index contributed by atoms with van der Waals surface area (Å²) in [6.45, 7) is 0. The fourth-order valence-corrected chi connectivity index (χ4v) is 2.27. The number of aromatic nitrogens is 2. The fraction of sp³-hybridized carbons (Fsp3) is 0.0667. The molecule has 0 aliphatic heterocycles. The SMILES string of the molecule is CNC(=O)Nc1cccc(-c2cnc3cc(Cl)ccn23)c1. The van der Waals surface area contributed by atoms with E-state index in [1.54, 1.807) is 19.3 Å². The van der Waals surface area contributed by atoms with Crippen molar-refractivity contribution in [3.63, 3.8) is 0 Å². The predicted octanol–water partition coefficient (Wildman–Crippen LogP) is 3.41. The number of hydrogen-bond donors (Lipinski definition) is 2. The monoisotopic (exact) mass is 300 g/mol. The number of rotatable bonds is 2. The lowest BCUT2D eigenvalue weighted by Gasteiger charge is -2.07. The van der Waals surface area contributed by atoms with Gasteiger partial charge in [0, 0.05) is 35.6 Å². The summed E-state index contributed by atoms with van der Waals surface area (Å²) in [5.41, 5.74) is 3.39. The summed E-state index contributed by atoms with van der Waals surface area (Å²) in [7, 11) is 1.58. The van der Waals surface area contributed by atoms with Crippen molar-refractivity contribution in [3.8, 4) is 11.3 Å². The number of carbonyl (C=O) groups excluding carboxylic acids is 1. The van der Waals surface area contributed by atoms with E-state index >= 15 is 0 Å². The zero-order chi connectivity index (χ0) is 14.8. The van der Waals surface area contributed by atoms with E-state index in [4.69, 9.17) is 11.6 Å². The molecule has 0 fully saturated rings. The van der Waals surface area contributed by atoms with Gasteiger partial charge >= 0.3 is 6.03 Å². The Kier molecular flexibility index (Phi) is 3.50. The van der Waals surface area contributed by atoms with Crippen LogP contribution in [0.5, 0.6) is 0 Å². The second kappa shape index (κ2) is 5.46. The van der Waals surface area contributed by atoms with Crippen molar-refractivity contribution >= 4 is 29.0 Å². The Labute approximate surface area is 126 Å². The maximum atomic E-state index is 11.4. The van der Waals surface area contributed by atoms with Crippen LogP contribution in [0.2, 0.25) is 5.02 Å². The van der Waals surface area contributed by atoms with Crippen LogP contribution in [0.1, 0.15) is 0 Å². The molecular weight excluding hydrogens is 288 g/mol. The van der Waals surface area contributed by atoms with Crippen molar-refractivity contribution in [1.29, 1.82) is 0 Å². The molecule has 21 heavy (non-hydrogen) atoms. The molecule has 0 radical (unpaired) electrons. The Balaban J connectivity index is 2.02. The first-order chi connectivity index (χ1) is 10.2. The molecule has 2 heterocycles. The van der Waals surface area contributed by atoms with Crippen LogP contribution < -0.4 is 10.6 Å². The smallest absolute Gasteiger partial charge is 0.318 e. The molecule has 3 aromatic rings. The number of amides is 2. The third-order valence-electron chi connectivity index (χ3n) is 3.12. The van der Waals surface area contributed by atoms with Crippen LogP contribution in [0.15, 0.2) is 48.8 Å². The Morgan fingerprint density at radius 1 is 1.29 bits per heavy atom. The van der Waals surface area contributed by atoms with Crippen LogP contribution in [0.4, 0.5) is 10.5 Å². The van der Waals surface area contributed by atoms with Crippen molar-refractivity contribution in [2.75, 3.05) is 12.4 Å². The van der Waals surface area contributed by atoms with Gasteiger partial charge in [0.25, 0.3) is 0 Å². The number of anilines is 1.